The molecule has 0 atom stereocenters. The molecule has 2 rings (SSSR count). The average molecular weight is 290 g/mol. The number of hydrogen-bond donors (Lipinski definition) is 1. The summed E-state index contributed by atoms with van der Waals surface area (Å²) in [4.78, 5) is 21.1. The Morgan fingerprint density at radius 3 is 2.38 bits per heavy atom. The largest absolute Gasteiger partial charge is 0.353 e. The molecule has 1 aliphatic heterocycles. The fraction of sp³-hybridized carbons (Fsp3) is 0.625. The van der Waals surface area contributed by atoms with Gasteiger partial charge in [0.05, 0.1) is 0 Å². The summed E-state index contributed by atoms with van der Waals surface area (Å²) < 4.78 is 0. The zero-order chi connectivity index (χ0) is 15.2. The molecule has 0 aliphatic carbocycles. The highest BCUT2D eigenvalue weighted by Crippen LogP contribution is 2.17. The van der Waals surface area contributed by atoms with Gasteiger partial charge in [0.2, 0.25) is 5.91 Å². The first-order valence-corrected chi connectivity index (χ1v) is 7.88. The monoisotopic (exact) mass is 290 g/mol. The molecule has 2 heterocycles. The first-order chi connectivity index (χ1) is 10.2. The maximum Gasteiger partial charge on any atom is 0.225 e. The van der Waals surface area contributed by atoms with E-state index < -0.39 is 0 Å². The average Bonchev–Trinajstić information content (AvgIpc) is 2.56. The van der Waals surface area contributed by atoms with E-state index in [-0.39, 0.29) is 5.92 Å². The van der Waals surface area contributed by atoms with E-state index in [2.05, 4.69) is 23.7 Å². The molecule has 2 N–H and O–H groups in total. The number of aromatic nitrogens is 1. The van der Waals surface area contributed by atoms with Crippen LogP contribution in [0.5, 0.6) is 0 Å². The van der Waals surface area contributed by atoms with Gasteiger partial charge >= 0.3 is 0 Å². The normalized spacial score (nSPS) is 15.6. The van der Waals surface area contributed by atoms with Crippen LogP contribution in [0, 0.1) is 5.92 Å². The summed E-state index contributed by atoms with van der Waals surface area (Å²) in [6, 6.07) is 4.03. The molecule has 0 unspecified atom stereocenters. The topological polar surface area (TPSA) is 62.5 Å². The van der Waals surface area contributed by atoms with Crippen LogP contribution in [-0.2, 0) is 11.3 Å². The summed E-state index contributed by atoms with van der Waals surface area (Å²) in [5.41, 5.74) is 6.63. The molecule has 0 aromatic carbocycles. The SMILES string of the molecule is CCC(CC)C(=O)N1CCN(c2ccc(CN)cn2)CC1. The van der Waals surface area contributed by atoms with Crippen molar-refractivity contribution in [3.8, 4) is 0 Å². The van der Waals surface area contributed by atoms with E-state index in [0.29, 0.717) is 12.5 Å². The Labute approximate surface area is 127 Å². The Morgan fingerprint density at radius 1 is 1.24 bits per heavy atom. The fourth-order valence-electron chi connectivity index (χ4n) is 2.78. The minimum atomic E-state index is 0.179. The van der Waals surface area contributed by atoms with Crippen molar-refractivity contribution in [2.75, 3.05) is 31.1 Å². The molecule has 1 aromatic heterocycles. The van der Waals surface area contributed by atoms with Gasteiger partial charge in [0.1, 0.15) is 5.82 Å². The molecule has 0 spiro atoms. The summed E-state index contributed by atoms with van der Waals surface area (Å²) in [5, 5.41) is 0. The maximum atomic E-state index is 12.4. The molecule has 116 valence electrons. The van der Waals surface area contributed by atoms with Gasteiger partial charge in [0.25, 0.3) is 0 Å². The van der Waals surface area contributed by atoms with Crippen molar-refractivity contribution in [2.24, 2.45) is 11.7 Å². The summed E-state index contributed by atoms with van der Waals surface area (Å²) >= 11 is 0. The number of carbonyl (C=O) groups excluding carboxylic acids is 1. The zero-order valence-corrected chi connectivity index (χ0v) is 13.1. The third kappa shape index (κ3) is 3.73. The predicted octanol–water partition coefficient (Wildman–Crippen LogP) is 1.63. The molecule has 1 aliphatic rings. The van der Waals surface area contributed by atoms with E-state index in [9.17, 15) is 4.79 Å². The van der Waals surface area contributed by atoms with Gasteiger partial charge in [0.15, 0.2) is 0 Å². The van der Waals surface area contributed by atoms with Crippen LogP contribution in [0.15, 0.2) is 18.3 Å². The van der Waals surface area contributed by atoms with E-state index in [4.69, 9.17) is 5.73 Å². The van der Waals surface area contributed by atoms with Gasteiger partial charge in [-0.2, -0.15) is 0 Å². The number of rotatable bonds is 5. The van der Waals surface area contributed by atoms with Gasteiger partial charge in [-0.25, -0.2) is 4.98 Å². The van der Waals surface area contributed by atoms with Crippen molar-refractivity contribution in [3.05, 3.63) is 23.9 Å². The second-order valence-corrected chi connectivity index (χ2v) is 5.55. The van der Waals surface area contributed by atoms with Gasteiger partial charge in [-0.1, -0.05) is 19.9 Å². The van der Waals surface area contributed by atoms with Crippen LogP contribution < -0.4 is 10.6 Å². The Morgan fingerprint density at radius 2 is 1.90 bits per heavy atom. The zero-order valence-electron chi connectivity index (χ0n) is 13.1. The second kappa shape index (κ2) is 7.41. The van der Waals surface area contributed by atoms with E-state index in [1.54, 1.807) is 0 Å². The Hall–Kier alpha value is -1.62. The molecule has 0 bridgehead atoms. The molecule has 5 heteroatoms. The minimum absolute atomic E-state index is 0.179. The predicted molar refractivity (Wildman–Crippen MR) is 85.0 cm³/mol. The maximum absolute atomic E-state index is 12.4. The Balaban J connectivity index is 1.91. The molecule has 21 heavy (non-hydrogen) atoms. The van der Waals surface area contributed by atoms with Crippen LogP contribution in [-0.4, -0.2) is 42.0 Å². The molecule has 1 amide bonds. The molecule has 1 fully saturated rings. The Kier molecular flexibility index (Phi) is 5.56. The summed E-state index contributed by atoms with van der Waals surface area (Å²) in [6.45, 7) is 7.97. The van der Waals surface area contributed by atoms with Crippen LogP contribution in [0.2, 0.25) is 0 Å². The highest BCUT2D eigenvalue weighted by atomic mass is 16.2. The molecule has 1 saturated heterocycles. The first-order valence-electron chi connectivity index (χ1n) is 7.88. The van der Waals surface area contributed by atoms with E-state index in [0.717, 1.165) is 50.4 Å². The minimum Gasteiger partial charge on any atom is -0.353 e. The van der Waals surface area contributed by atoms with Gasteiger partial charge < -0.3 is 15.5 Å². The lowest BCUT2D eigenvalue weighted by atomic mass is 10.0. The van der Waals surface area contributed by atoms with Gasteiger partial charge in [-0.15, -0.1) is 0 Å². The number of piperazine rings is 1. The molecule has 0 radical (unpaired) electrons. The van der Waals surface area contributed by atoms with E-state index in [1.165, 1.54) is 0 Å². The number of nitrogens with two attached hydrogens (primary N) is 1. The van der Waals surface area contributed by atoms with Crippen LogP contribution in [0.4, 0.5) is 5.82 Å². The van der Waals surface area contributed by atoms with Gasteiger partial charge in [-0.05, 0) is 24.5 Å². The van der Waals surface area contributed by atoms with E-state index in [1.807, 2.05) is 23.2 Å². The van der Waals surface area contributed by atoms with E-state index >= 15 is 0 Å². The van der Waals surface area contributed by atoms with Gasteiger partial charge in [0, 0.05) is 44.8 Å². The number of pyridine rings is 1. The van der Waals surface area contributed by atoms with Crippen molar-refractivity contribution in [1.82, 2.24) is 9.88 Å². The molecule has 5 nitrogen and oxygen atoms in total. The number of hydrogen-bond acceptors (Lipinski definition) is 4. The summed E-state index contributed by atoms with van der Waals surface area (Å²) in [6.07, 6.45) is 3.69. The number of carbonyl (C=O) groups is 1. The number of nitrogens with zero attached hydrogens (tertiary/aromatic N) is 3. The lowest BCUT2D eigenvalue weighted by Crippen LogP contribution is -2.50. The third-order valence-corrected chi connectivity index (χ3v) is 4.30. The Bertz CT molecular complexity index is 448. The van der Waals surface area contributed by atoms with Crippen LogP contribution >= 0.6 is 0 Å². The quantitative estimate of drug-likeness (QED) is 0.895. The third-order valence-electron chi connectivity index (χ3n) is 4.30. The summed E-state index contributed by atoms with van der Waals surface area (Å²) in [5.74, 6) is 1.46. The smallest absolute Gasteiger partial charge is 0.225 e. The van der Waals surface area contributed by atoms with Crippen LogP contribution in [0.25, 0.3) is 0 Å². The van der Waals surface area contributed by atoms with Crippen molar-refractivity contribution >= 4 is 11.7 Å². The van der Waals surface area contributed by atoms with Crippen molar-refractivity contribution in [1.29, 1.82) is 0 Å². The highest BCUT2D eigenvalue weighted by Gasteiger charge is 2.25. The van der Waals surface area contributed by atoms with Crippen molar-refractivity contribution in [2.45, 2.75) is 33.2 Å². The van der Waals surface area contributed by atoms with Gasteiger partial charge in [-0.3, -0.25) is 4.79 Å². The fourth-order valence-corrected chi connectivity index (χ4v) is 2.78. The lowest BCUT2D eigenvalue weighted by Gasteiger charge is -2.36. The molecule has 0 saturated carbocycles. The molecular formula is C16H26N4O. The van der Waals surface area contributed by atoms with Crippen molar-refractivity contribution < 1.29 is 4.79 Å². The second-order valence-electron chi connectivity index (χ2n) is 5.55. The standard InChI is InChI=1S/C16H26N4O/c1-3-14(4-2)16(21)20-9-7-19(8-10-20)15-6-5-13(11-17)12-18-15/h5-6,12,14H,3-4,7-11,17H2,1-2H3. The van der Waals surface area contributed by atoms with Crippen LogP contribution in [0.1, 0.15) is 32.3 Å². The molecular weight excluding hydrogens is 264 g/mol. The van der Waals surface area contributed by atoms with Crippen molar-refractivity contribution in [3.63, 3.8) is 0 Å². The lowest BCUT2D eigenvalue weighted by molar-refractivity contribution is -0.136. The number of anilines is 1. The molecule has 1 aromatic rings. The number of amides is 1. The summed E-state index contributed by atoms with van der Waals surface area (Å²) in [7, 11) is 0. The van der Waals surface area contributed by atoms with Crippen LogP contribution in [0.3, 0.4) is 0 Å². The highest BCUT2D eigenvalue weighted by molar-refractivity contribution is 5.79. The first kappa shape index (κ1) is 15.8.